The Labute approximate surface area is 157 Å². The zero-order valence-electron chi connectivity index (χ0n) is 15.5. The molecule has 2 aliphatic heterocycles. The van der Waals surface area contributed by atoms with Crippen LogP contribution in [0.4, 0.5) is 0 Å². The second kappa shape index (κ2) is 6.88. The average molecular weight is 382 g/mol. The molecule has 0 aromatic heterocycles. The van der Waals surface area contributed by atoms with E-state index in [1.54, 1.807) is 25.9 Å². The summed E-state index contributed by atoms with van der Waals surface area (Å²) in [6.45, 7) is 3.50. The lowest BCUT2D eigenvalue weighted by Gasteiger charge is -2.46. The Morgan fingerprint density at radius 2 is 1.96 bits per heavy atom. The van der Waals surface area contributed by atoms with Crippen LogP contribution in [-0.4, -0.2) is 69.3 Å². The van der Waals surface area contributed by atoms with Crippen LogP contribution in [-0.2, 0) is 14.4 Å². The van der Waals surface area contributed by atoms with Crippen LogP contribution in [0.5, 0.6) is 0 Å². The van der Waals surface area contributed by atoms with Crippen LogP contribution in [0.25, 0.3) is 0 Å². The second-order valence-corrected chi connectivity index (χ2v) is 9.10. The highest BCUT2D eigenvalue weighted by Gasteiger charge is 2.60. The van der Waals surface area contributed by atoms with Crippen LogP contribution in [0.2, 0.25) is 0 Å². The molecule has 26 heavy (non-hydrogen) atoms. The quantitative estimate of drug-likeness (QED) is 0.692. The van der Waals surface area contributed by atoms with Crippen molar-refractivity contribution in [2.75, 3.05) is 14.1 Å². The monoisotopic (exact) mass is 382 g/mol. The summed E-state index contributed by atoms with van der Waals surface area (Å²) in [5, 5.41) is 19.7. The van der Waals surface area contributed by atoms with E-state index in [-0.39, 0.29) is 40.6 Å². The van der Waals surface area contributed by atoms with E-state index >= 15 is 0 Å². The normalized spacial score (nSPS) is 34.6. The van der Waals surface area contributed by atoms with E-state index in [2.05, 4.69) is 0 Å². The summed E-state index contributed by atoms with van der Waals surface area (Å²) in [5.41, 5.74) is 0.0665. The van der Waals surface area contributed by atoms with E-state index in [0.717, 1.165) is 19.3 Å². The number of aliphatic hydroxyl groups is 1. The Balaban J connectivity index is 1.78. The van der Waals surface area contributed by atoms with Crippen molar-refractivity contribution in [1.82, 2.24) is 9.80 Å². The number of fused-ring (bicyclic) bond motifs is 1. The highest BCUT2D eigenvalue weighted by Crippen LogP contribution is 2.53. The molecule has 2 amide bonds. The van der Waals surface area contributed by atoms with Crippen molar-refractivity contribution >= 4 is 29.5 Å². The molecule has 2 N–H and O–H groups in total. The van der Waals surface area contributed by atoms with Gasteiger partial charge in [-0.15, -0.1) is 11.8 Å². The number of amides is 2. The first-order valence-electron chi connectivity index (χ1n) is 9.01. The molecule has 1 saturated carbocycles. The lowest BCUT2D eigenvalue weighted by atomic mass is 9.79. The van der Waals surface area contributed by atoms with Gasteiger partial charge in [0.05, 0.1) is 18.1 Å². The summed E-state index contributed by atoms with van der Waals surface area (Å²) < 4.78 is 0. The van der Waals surface area contributed by atoms with Gasteiger partial charge in [-0.3, -0.25) is 9.59 Å². The lowest BCUT2D eigenvalue weighted by Crippen LogP contribution is -2.63. The first kappa shape index (κ1) is 19.2. The van der Waals surface area contributed by atoms with Gasteiger partial charge in [-0.1, -0.05) is 6.92 Å². The third-order valence-electron chi connectivity index (χ3n) is 5.78. The molecule has 5 unspecified atom stereocenters. The Morgan fingerprint density at radius 3 is 2.50 bits per heavy atom. The number of hydrogen-bond donors (Lipinski definition) is 2. The zero-order valence-corrected chi connectivity index (χ0v) is 16.3. The predicted molar refractivity (Wildman–Crippen MR) is 97.0 cm³/mol. The van der Waals surface area contributed by atoms with Gasteiger partial charge in [0.1, 0.15) is 5.70 Å². The van der Waals surface area contributed by atoms with Gasteiger partial charge in [-0.05, 0) is 26.2 Å². The van der Waals surface area contributed by atoms with E-state index in [4.69, 9.17) is 0 Å². The van der Waals surface area contributed by atoms with E-state index < -0.39 is 18.0 Å². The maximum Gasteiger partial charge on any atom is 0.353 e. The minimum Gasteiger partial charge on any atom is -0.477 e. The van der Waals surface area contributed by atoms with Crippen LogP contribution in [0.3, 0.4) is 0 Å². The Hall–Kier alpha value is -1.54. The maximum absolute atomic E-state index is 12.4. The number of thioether (sulfide) groups is 1. The molecule has 7 nitrogen and oxygen atoms in total. The molecule has 0 radical (unpaired) electrons. The molecule has 1 aliphatic carbocycles. The predicted octanol–water partition coefficient (Wildman–Crippen LogP) is 1.13. The molecule has 2 fully saturated rings. The molecule has 0 bridgehead atoms. The SMILES string of the molecule is CC(O)C1C(=O)N2C(C(=O)O)=C(SC3CC[C@H](C(=O)N(C)C)C3)C(C)C12. The van der Waals surface area contributed by atoms with Crippen LogP contribution >= 0.6 is 11.8 Å². The number of aliphatic carboxylic acids is 1. The van der Waals surface area contributed by atoms with Crippen molar-refractivity contribution < 1.29 is 24.6 Å². The molecule has 6 atom stereocenters. The number of rotatable bonds is 5. The number of nitrogens with zero attached hydrogens (tertiary/aromatic N) is 2. The van der Waals surface area contributed by atoms with Crippen molar-refractivity contribution in [3.05, 3.63) is 10.6 Å². The van der Waals surface area contributed by atoms with Crippen molar-refractivity contribution in [1.29, 1.82) is 0 Å². The Bertz CT molecular complexity index is 674. The number of β-lactam (4-membered cyclic amide) rings is 1. The number of hydrogen-bond acceptors (Lipinski definition) is 5. The summed E-state index contributed by atoms with van der Waals surface area (Å²) in [7, 11) is 3.50. The highest BCUT2D eigenvalue weighted by atomic mass is 32.2. The van der Waals surface area contributed by atoms with E-state index in [0.29, 0.717) is 4.91 Å². The van der Waals surface area contributed by atoms with Crippen molar-refractivity contribution in [3.63, 3.8) is 0 Å². The fraction of sp³-hybridized carbons (Fsp3) is 0.722. The first-order valence-corrected chi connectivity index (χ1v) is 9.89. The third-order valence-corrected chi connectivity index (χ3v) is 7.36. The number of carbonyl (C=O) groups is 3. The molecule has 3 aliphatic rings. The number of carboxylic acids is 1. The van der Waals surface area contributed by atoms with E-state index in [9.17, 15) is 24.6 Å². The summed E-state index contributed by atoms with van der Waals surface area (Å²) >= 11 is 1.51. The van der Waals surface area contributed by atoms with Gasteiger partial charge in [0.25, 0.3) is 0 Å². The van der Waals surface area contributed by atoms with Gasteiger partial charge < -0.3 is 20.0 Å². The van der Waals surface area contributed by atoms with Crippen molar-refractivity contribution in [2.45, 2.75) is 50.5 Å². The summed E-state index contributed by atoms with van der Waals surface area (Å²) in [6, 6.07) is -0.281. The van der Waals surface area contributed by atoms with Crippen LogP contribution < -0.4 is 0 Å². The van der Waals surface area contributed by atoms with E-state index in [1.807, 2.05) is 6.92 Å². The molecule has 8 heteroatoms. The fourth-order valence-corrected chi connectivity index (χ4v) is 6.09. The molecule has 0 spiro atoms. The van der Waals surface area contributed by atoms with Gasteiger partial charge in [0.15, 0.2) is 0 Å². The molecule has 0 aromatic rings. The van der Waals surface area contributed by atoms with Crippen LogP contribution in [0.15, 0.2) is 10.6 Å². The molecule has 3 rings (SSSR count). The third kappa shape index (κ3) is 2.93. The van der Waals surface area contributed by atoms with Gasteiger partial charge in [-0.2, -0.15) is 0 Å². The zero-order chi connectivity index (χ0) is 19.3. The number of carbonyl (C=O) groups excluding carboxylic acids is 2. The van der Waals surface area contributed by atoms with Gasteiger partial charge >= 0.3 is 5.97 Å². The maximum atomic E-state index is 12.4. The summed E-state index contributed by atoms with van der Waals surface area (Å²) in [6.07, 6.45) is 1.60. The second-order valence-electron chi connectivity index (χ2n) is 7.75. The van der Waals surface area contributed by atoms with Gasteiger partial charge in [-0.25, -0.2) is 4.79 Å². The highest BCUT2D eigenvalue weighted by molar-refractivity contribution is 8.03. The van der Waals surface area contributed by atoms with Gasteiger partial charge in [0.2, 0.25) is 11.8 Å². The Morgan fingerprint density at radius 1 is 1.31 bits per heavy atom. The molecule has 144 valence electrons. The molecular formula is C18H26N2O5S. The van der Waals surface area contributed by atoms with Crippen molar-refractivity contribution in [3.8, 4) is 0 Å². The lowest BCUT2D eigenvalue weighted by molar-refractivity contribution is -0.163. The largest absolute Gasteiger partial charge is 0.477 e. The first-order chi connectivity index (χ1) is 12.1. The van der Waals surface area contributed by atoms with Crippen LogP contribution in [0, 0.1) is 17.8 Å². The van der Waals surface area contributed by atoms with Crippen LogP contribution in [0.1, 0.15) is 33.1 Å². The van der Waals surface area contributed by atoms with Crippen molar-refractivity contribution in [2.24, 2.45) is 17.8 Å². The smallest absolute Gasteiger partial charge is 0.353 e. The standard InChI is InChI=1S/C18H26N2O5S/c1-8-13-12(9(2)21)17(23)20(13)14(18(24)25)15(8)26-11-6-5-10(7-11)16(22)19(3)4/h8-13,21H,5-7H2,1-4H3,(H,24,25)/t8?,9?,10-,11?,12?,13?/m0/s1. The number of carboxylic acid groups (broad SMARTS) is 1. The minimum atomic E-state index is -1.10. The topological polar surface area (TPSA) is 98.1 Å². The molecular weight excluding hydrogens is 356 g/mol. The summed E-state index contributed by atoms with van der Waals surface area (Å²) in [4.78, 5) is 40.0. The minimum absolute atomic E-state index is 0.0167. The molecule has 2 heterocycles. The Kier molecular flexibility index (Phi) is 5.09. The molecule has 1 saturated heterocycles. The summed E-state index contributed by atoms with van der Waals surface area (Å²) in [5.74, 6) is -1.96. The molecule has 0 aromatic carbocycles. The number of aliphatic hydroxyl groups excluding tert-OH is 1. The fourth-order valence-electron chi connectivity index (χ4n) is 4.49. The van der Waals surface area contributed by atoms with E-state index in [1.165, 1.54) is 16.7 Å². The van der Waals surface area contributed by atoms with Gasteiger partial charge in [0, 0.05) is 36.1 Å². The average Bonchev–Trinajstić information content (AvgIpc) is 3.09.